The summed E-state index contributed by atoms with van der Waals surface area (Å²) in [4.78, 5) is 0. The minimum atomic E-state index is 0. The van der Waals surface area contributed by atoms with Crippen molar-refractivity contribution in [3.8, 4) is 0 Å². The van der Waals surface area contributed by atoms with Gasteiger partial charge in [0, 0.05) is 53.0 Å². The molecule has 1 nitrogen and oxygen atoms in total. The summed E-state index contributed by atoms with van der Waals surface area (Å²) in [5.41, 5.74) is 0. The molecule has 0 heterocycles. The molecule has 0 aromatic rings. The van der Waals surface area contributed by atoms with Gasteiger partial charge in [0.2, 0.25) is 0 Å². The van der Waals surface area contributed by atoms with E-state index in [1.54, 1.807) is 0 Å². The van der Waals surface area contributed by atoms with Crippen LogP contribution in [0.4, 0.5) is 0 Å². The molecular weight excluding hydrogens is 165 g/mol. The second-order valence-electron chi connectivity index (χ2n) is 0. The Bertz CT molecular complexity index is 11.6. The molecule has 0 aliphatic rings. The fourth-order valence-corrected chi connectivity index (χ4v) is 0. The van der Waals surface area contributed by atoms with Crippen molar-refractivity contribution in [2.75, 3.05) is 0 Å². The van der Waals surface area contributed by atoms with Crippen LogP contribution in [0.15, 0.2) is 0 Å². The zero-order valence-electron chi connectivity index (χ0n) is 2.59. The molecule has 0 aliphatic carbocycles. The van der Waals surface area contributed by atoms with Crippen molar-refractivity contribution in [3.63, 3.8) is 0 Å². The molecule has 5 heavy (non-hydrogen) atoms. The third kappa shape index (κ3) is 26.6. The normalized spacial score (nSPS) is 0.800. The fourth-order valence-electron chi connectivity index (χ4n) is 0. The Labute approximate surface area is 66.4 Å². The van der Waals surface area contributed by atoms with Crippen LogP contribution < -0.4 is 0 Å². The van der Waals surface area contributed by atoms with E-state index in [0.29, 0.717) is 0 Å². The fraction of sp³-hybridized carbons (Fsp3) is 0. The van der Waals surface area contributed by atoms with E-state index in [0.717, 1.165) is 0 Å². The number of hydrogen-bond donors (Lipinski definition) is 0. The summed E-state index contributed by atoms with van der Waals surface area (Å²) >= 11 is 0. The van der Waals surface area contributed by atoms with E-state index in [9.17, 15) is 0 Å². The third-order valence-corrected chi connectivity index (χ3v) is 0. The van der Waals surface area contributed by atoms with Crippen molar-refractivity contribution in [2.24, 2.45) is 0 Å². The molecule has 0 saturated carbocycles. The summed E-state index contributed by atoms with van der Waals surface area (Å²) in [6, 6.07) is 0. The van der Waals surface area contributed by atoms with Gasteiger partial charge in [0.05, 0.1) is 0 Å². The van der Waals surface area contributed by atoms with Gasteiger partial charge in [-0.05, 0) is 0 Å². The number of rotatable bonds is 0. The van der Waals surface area contributed by atoms with Crippen LogP contribution in [0.25, 0.3) is 0 Å². The molecule has 0 aromatic heterocycles. The van der Waals surface area contributed by atoms with E-state index in [-0.39, 0.29) is 53.0 Å². The van der Waals surface area contributed by atoms with E-state index in [4.69, 9.17) is 4.57 Å². The van der Waals surface area contributed by atoms with Crippen molar-refractivity contribution >= 4 is 28.0 Å². The maximum atomic E-state index is 7.94. The molecule has 0 fully saturated rings. The van der Waals surface area contributed by atoms with E-state index in [2.05, 4.69) is 9.12 Å². The molecule has 0 bridgehead atoms. The summed E-state index contributed by atoms with van der Waals surface area (Å²) in [5.74, 6) is 0. The van der Waals surface area contributed by atoms with Crippen LogP contribution in [-0.4, -0.2) is 18.9 Å². The average molecular weight is 165 g/mol. The number of hydrogen-bond acceptors (Lipinski definition) is 1. The van der Waals surface area contributed by atoms with Crippen LogP contribution >= 0.6 is 9.12 Å². The third-order valence-electron chi connectivity index (χ3n) is 0. The van der Waals surface area contributed by atoms with E-state index in [1.165, 1.54) is 0 Å². The Morgan fingerprint density at radius 2 is 1.20 bits per heavy atom. The predicted molar refractivity (Wildman–Crippen MR) is 13.4 cm³/mol. The van der Waals surface area contributed by atoms with Crippen LogP contribution in [0.1, 0.15) is 0 Å². The van der Waals surface area contributed by atoms with Crippen LogP contribution in [0.5, 0.6) is 0 Å². The zero-order chi connectivity index (χ0) is 2.00. The molecule has 0 N–H and O–H groups in total. The molecule has 0 aliphatic heterocycles. The zero-order valence-corrected chi connectivity index (χ0v) is 5.77. The van der Waals surface area contributed by atoms with E-state index < -0.39 is 0 Å². The molecular formula is FeLiMnOP. The van der Waals surface area contributed by atoms with Crippen molar-refractivity contribution in [2.45, 2.75) is 0 Å². The van der Waals surface area contributed by atoms with Crippen molar-refractivity contribution in [3.05, 3.63) is 0 Å². The summed E-state index contributed by atoms with van der Waals surface area (Å²) in [7, 11) is 2.28. The van der Waals surface area contributed by atoms with Gasteiger partial charge in [0.15, 0.2) is 0 Å². The summed E-state index contributed by atoms with van der Waals surface area (Å²) in [6.07, 6.45) is 0. The predicted octanol–water partition coefficient (Wildman–Crippen LogP) is 0.357. The Hall–Kier alpha value is 1.74. The smallest absolute Gasteiger partial charge is 0.261 e. The molecule has 0 amide bonds. The largest absolute Gasteiger partial charge is 0.261 e. The molecule has 0 aromatic carbocycles. The monoisotopic (exact) mass is 165 g/mol. The Balaban J connectivity index is -0.00000000167. The average Bonchev–Trinajstić information content (AvgIpc) is 1.00. The molecule has 5 heteroatoms. The molecule has 0 atom stereocenters. The van der Waals surface area contributed by atoms with Gasteiger partial charge in [-0.25, -0.2) is 0 Å². The first-order valence-electron chi connectivity index (χ1n) is 0.183. The first kappa shape index (κ1) is 29.6. The van der Waals surface area contributed by atoms with E-state index >= 15 is 0 Å². The van der Waals surface area contributed by atoms with Crippen LogP contribution in [0, 0.1) is 0 Å². The standard InChI is InChI=1S/Fe.Li.Mn.OP/c;;;1-2. The van der Waals surface area contributed by atoms with Crippen molar-refractivity contribution in [1.82, 2.24) is 0 Å². The van der Waals surface area contributed by atoms with Crippen molar-refractivity contribution < 1.29 is 38.7 Å². The van der Waals surface area contributed by atoms with Crippen LogP contribution in [0.3, 0.4) is 0 Å². The van der Waals surface area contributed by atoms with Gasteiger partial charge in [-0.15, -0.1) is 0 Å². The maximum Gasteiger partial charge on any atom is 0.261 e. The summed E-state index contributed by atoms with van der Waals surface area (Å²) < 4.78 is 7.94. The Kier molecular flexibility index (Phi) is 253. The minimum Gasteiger partial charge on any atom is -0.261 e. The topological polar surface area (TPSA) is 17.1 Å². The second kappa shape index (κ2) is 42.7. The summed E-state index contributed by atoms with van der Waals surface area (Å²) in [5, 5.41) is 0. The molecule has 0 unspecified atom stereocenters. The first-order chi connectivity index (χ1) is 1.00. The van der Waals surface area contributed by atoms with Gasteiger partial charge < -0.3 is 0 Å². The van der Waals surface area contributed by atoms with Crippen LogP contribution in [0.2, 0.25) is 0 Å². The molecule has 3 radical (unpaired) electrons. The minimum absolute atomic E-state index is 0. The Morgan fingerprint density at radius 1 is 1.20 bits per heavy atom. The molecule has 27 valence electrons. The van der Waals surface area contributed by atoms with Gasteiger partial charge in [-0.1, -0.05) is 0 Å². The van der Waals surface area contributed by atoms with Crippen molar-refractivity contribution in [1.29, 1.82) is 0 Å². The van der Waals surface area contributed by atoms with Gasteiger partial charge in [-0.2, -0.15) is 0 Å². The van der Waals surface area contributed by atoms with Crippen LogP contribution in [-0.2, 0) is 38.7 Å². The summed E-state index contributed by atoms with van der Waals surface area (Å²) in [6.45, 7) is 0. The van der Waals surface area contributed by atoms with Gasteiger partial charge in [-0.3, -0.25) is 4.57 Å². The SMILES string of the molecule is O=[P].[Fe].[Li].[Mn]. The Morgan fingerprint density at radius 3 is 1.20 bits per heavy atom. The van der Waals surface area contributed by atoms with E-state index in [1.807, 2.05) is 0 Å². The van der Waals surface area contributed by atoms with Gasteiger partial charge in [0.25, 0.3) is 9.12 Å². The van der Waals surface area contributed by atoms with Gasteiger partial charge >= 0.3 is 0 Å². The molecule has 0 spiro atoms. The first-order valence-corrected chi connectivity index (χ1v) is 0.548. The maximum absolute atomic E-state index is 7.94. The second-order valence-corrected chi connectivity index (χ2v) is 0. The van der Waals surface area contributed by atoms with Gasteiger partial charge in [0.1, 0.15) is 0 Å². The quantitative estimate of drug-likeness (QED) is 0.373. The molecule has 0 rings (SSSR count). The molecule has 0 saturated heterocycles.